The van der Waals surface area contributed by atoms with E-state index in [4.69, 9.17) is 5.73 Å². The van der Waals surface area contributed by atoms with Crippen LogP contribution in [0.1, 0.15) is 10.4 Å². The Morgan fingerprint density at radius 1 is 1.00 bits per heavy atom. The highest BCUT2D eigenvalue weighted by atomic mass is 19.1. The molecular weight excluding hydrogens is 274 g/mol. The second-order valence-corrected chi connectivity index (χ2v) is 4.62. The van der Waals surface area contributed by atoms with Gasteiger partial charge < -0.3 is 5.73 Å². The molecule has 0 saturated heterocycles. The quantitative estimate of drug-likeness (QED) is 0.785. The van der Waals surface area contributed by atoms with Crippen LogP contribution in [-0.2, 0) is 0 Å². The molecule has 5 heteroatoms. The maximum Gasteiger partial charge on any atom is 0.251 e. The van der Waals surface area contributed by atoms with Crippen LogP contribution in [0.4, 0.5) is 8.78 Å². The monoisotopic (exact) mass is 284 g/mol. The molecule has 0 spiro atoms. The number of aromatic nitrogens is 1. The number of amides is 1. The first-order chi connectivity index (χ1) is 10.0. The molecule has 0 fully saturated rings. The number of fused-ring (bicyclic) bond motifs is 1. The molecular formula is C16H10F2N2O. The molecule has 3 nitrogen and oxygen atoms in total. The molecule has 104 valence electrons. The number of carbonyl (C=O) groups is 1. The number of pyridine rings is 1. The predicted molar refractivity (Wildman–Crippen MR) is 75.6 cm³/mol. The summed E-state index contributed by atoms with van der Waals surface area (Å²) >= 11 is 0. The van der Waals surface area contributed by atoms with E-state index in [1.165, 1.54) is 30.3 Å². The van der Waals surface area contributed by atoms with E-state index in [1.54, 1.807) is 18.3 Å². The summed E-state index contributed by atoms with van der Waals surface area (Å²) in [6.45, 7) is 0. The fraction of sp³-hybridized carbons (Fsp3) is 0. The van der Waals surface area contributed by atoms with Gasteiger partial charge >= 0.3 is 0 Å². The lowest BCUT2D eigenvalue weighted by Crippen LogP contribution is -2.13. The molecule has 1 amide bonds. The Morgan fingerprint density at radius 2 is 1.81 bits per heavy atom. The van der Waals surface area contributed by atoms with Crippen molar-refractivity contribution in [1.29, 1.82) is 0 Å². The molecule has 3 aromatic rings. The normalized spacial score (nSPS) is 10.8. The van der Waals surface area contributed by atoms with Gasteiger partial charge in [-0.05, 0) is 35.9 Å². The van der Waals surface area contributed by atoms with E-state index < -0.39 is 11.7 Å². The average Bonchev–Trinajstić information content (AvgIpc) is 2.47. The fourth-order valence-corrected chi connectivity index (χ4v) is 2.15. The Bertz CT molecular complexity index is 862. The maximum atomic E-state index is 13.5. The molecule has 21 heavy (non-hydrogen) atoms. The zero-order chi connectivity index (χ0) is 15.0. The van der Waals surface area contributed by atoms with Crippen LogP contribution < -0.4 is 5.73 Å². The summed E-state index contributed by atoms with van der Waals surface area (Å²) in [6, 6.07) is 10.2. The van der Waals surface area contributed by atoms with Gasteiger partial charge in [0.15, 0.2) is 0 Å². The molecule has 0 radical (unpaired) electrons. The second-order valence-electron chi connectivity index (χ2n) is 4.62. The Balaban J connectivity index is 2.14. The van der Waals surface area contributed by atoms with Crippen molar-refractivity contribution < 1.29 is 13.6 Å². The molecule has 0 saturated carbocycles. The van der Waals surface area contributed by atoms with Crippen LogP contribution in [0.3, 0.4) is 0 Å². The molecule has 0 unspecified atom stereocenters. The van der Waals surface area contributed by atoms with Crippen LogP contribution in [0, 0.1) is 11.6 Å². The summed E-state index contributed by atoms with van der Waals surface area (Å²) in [4.78, 5) is 15.3. The van der Waals surface area contributed by atoms with Gasteiger partial charge in [-0.1, -0.05) is 6.07 Å². The zero-order valence-electron chi connectivity index (χ0n) is 10.8. The van der Waals surface area contributed by atoms with Gasteiger partial charge in [0, 0.05) is 23.2 Å². The Morgan fingerprint density at radius 3 is 2.57 bits per heavy atom. The van der Waals surface area contributed by atoms with Crippen molar-refractivity contribution in [3.8, 4) is 11.1 Å². The first-order valence-electron chi connectivity index (χ1n) is 6.19. The first-order valence-corrected chi connectivity index (χ1v) is 6.19. The summed E-state index contributed by atoms with van der Waals surface area (Å²) in [6.07, 6.45) is 1.54. The topological polar surface area (TPSA) is 56.0 Å². The highest BCUT2D eigenvalue weighted by molar-refractivity contribution is 5.94. The minimum absolute atomic E-state index is 0.174. The van der Waals surface area contributed by atoms with Crippen molar-refractivity contribution in [3.05, 3.63) is 65.9 Å². The minimum Gasteiger partial charge on any atom is -0.366 e. The van der Waals surface area contributed by atoms with Gasteiger partial charge in [-0.15, -0.1) is 0 Å². The lowest BCUT2D eigenvalue weighted by molar-refractivity contribution is 0.0996. The van der Waals surface area contributed by atoms with Crippen molar-refractivity contribution in [2.45, 2.75) is 0 Å². The van der Waals surface area contributed by atoms with E-state index >= 15 is 0 Å². The number of rotatable bonds is 2. The first kappa shape index (κ1) is 13.2. The van der Waals surface area contributed by atoms with Crippen LogP contribution in [0.15, 0.2) is 48.7 Å². The zero-order valence-corrected chi connectivity index (χ0v) is 10.8. The van der Waals surface area contributed by atoms with Crippen LogP contribution in [0.2, 0.25) is 0 Å². The van der Waals surface area contributed by atoms with Crippen molar-refractivity contribution in [2.24, 2.45) is 5.73 Å². The lowest BCUT2D eigenvalue weighted by atomic mass is 10.0. The highest BCUT2D eigenvalue weighted by Crippen LogP contribution is 2.25. The standard InChI is InChI=1S/C16H10F2N2O/c17-12-3-1-10-5-11(8-20-15(10)7-12)9-2-4-14(18)13(6-9)16(19)21/h1-8H,(H2,19,21). The third-order valence-corrected chi connectivity index (χ3v) is 3.21. The third kappa shape index (κ3) is 2.45. The third-order valence-electron chi connectivity index (χ3n) is 3.21. The van der Waals surface area contributed by atoms with Gasteiger partial charge in [-0.25, -0.2) is 8.78 Å². The molecule has 0 aliphatic rings. The molecule has 1 heterocycles. The van der Waals surface area contributed by atoms with Crippen molar-refractivity contribution in [2.75, 3.05) is 0 Å². The second kappa shape index (κ2) is 4.94. The summed E-state index contributed by atoms with van der Waals surface area (Å²) < 4.78 is 26.6. The van der Waals surface area contributed by atoms with Gasteiger partial charge in [0.25, 0.3) is 5.91 Å². The minimum atomic E-state index is -0.829. The summed E-state index contributed by atoms with van der Waals surface area (Å²) in [5.74, 6) is -1.85. The molecule has 0 aliphatic carbocycles. The van der Waals surface area contributed by atoms with Gasteiger partial charge in [-0.2, -0.15) is 0 Å². The van der Waals surface area contributed by atoms with Gasteiger partial charge in [0.05, 0.1) is 11.1 Å². The molecule has 0 bridgehead atoms. The number of carbonyl (C=O) groups excluding carboxylic acids is 1. The predicted octanol–water partition coefficient (Wildman–Crippen LogP) is 3.28. The van der Waals surface area contributed by atoms with E-state index in [2.05, 4.69) is 4.98 Å². The Kier molecular flexibility index (Phi) is 3.10. The summed E-state index contributed by atoms with van der Waals surface area (Å²) in [5, 5.41) is 0.749. The summed E-state index contributed by atoms with van der Waals surface area (Å²) in [5.41, 5.74) is 6.79. The summed E-state index contributed by atoms with van der Waals surface area (Å²) in [7, 11) is 0. The molecule has 2 aromatic carbocycles. The number of nitrogens with two attached hydrogens (primary N) is 1. The van der Waals surface area contributed by atoms with Crippen molar-refractivity contribution in [1.82, 2.24) is 4.98 Å². The number of nitrogens with zero attached hydrogens (tertiary/aromatic N) is 1. The van der Waals surface area contributed by atoms with E-state index in [9.17, 15) is 13.6 Å². The van der Waals surface area contributed by atoms with Crippen LogP contribution >= 0.6 is 0 Å². The molecule has 0 aliphatic heterocycles. The molecule has 0 atom stereocenters. The molecule has 3 rings (SSSR count). The van der Waals surface area contributed by atoms with Crippen molar-refractivity contribution >= 4 is 16.8 Å². The number of primary amides is 1. The van der Waals surface area contributed by atoms with Crippen LogP contribution in [0.5, 0.6) is 0 Å². The van der Waals surface area contributed by atoms with Crippen LogP contribution in [0.25, 0.3) is 22.0 Å². The highest BCUT2D eigenvalue weighted by Gasteiger charge is 2.10. The van der Waals surface area contributed by atoms with E-state index in [0.29, 0.717) is 16.6 Å². The Labute approximate surface area is 119 Å². The van der Waals surface area contributed by atoms with E-state index in [1.807, 2.05) is 0 Å². The number of benzene rings is 2. The molecule has 1 aromatic heterocycles. The average molecular weight is 284 g/mol. The SMILES string of the molecule is NC(=O)c1cc(-c2cnc3cc(F)ccc3c2)ccc1F. The van der Waals surface area contributed by atoms with Crippen molar-refractivity contribution in [3.63, 3.8) is 0 Å². The lowest BCUT2D eigenvalue weighted by Gasteiger charge is -2.06. The Hall–Kier alpha value is -2.82. The molecule has 2 N–H and O–H groups in total. The fourth-order valence-electron chi connectivity index (χ4n) is 2.15. The maximum absolute atomic E-state index is 13.5. The van der Waals surface area contributed by atoms with Gasteiger partial charge in [0.2, 0.25) is 0 Å². The van der Waals surface area contributed by atoms with E-state index in [0.717, 1.165) is 5.39 Å². The smallest absolute Gasteiger partial charge is 0.251 e. The number of halogens is 2. The van der Waals surface area contributed by atoms with Gasteiger partial charge in [0.1, 0.15) is 11.6 Å². The van der Waals surface area contributed by atoms with E-state index in [-0.39, 0.29) is 11.4 Å². The number of hydrogen-bond acceptors (Lipinski definition) is 2. The van der Waals surface area contributed by atoms with Gasteiger partial charge in [-0.3, -0.25) is 9.78 Å². The largest absolute Gasteiger partial charge is 0.366 e. The number of hydrogen-bond donors (Lipinski definition) is 1. The van der Waals surface area contributed by atoms with Crippen LogP contribution in [-0.4, -0.2) is 10.9 Å².